The van der Waals surface area contributed by atoms with Crippen molar-refractivity contribution in [2.24, 2.45) is 11.7 Å². The smallest absolute Gasteiger partial charge is 0.241 e. The molecule has 3 N–H and O–H groups in total. The minimum Gasteiger partial charge on any atom is -0.380 e. The molecule has 0 fully saturated rings. The van der Waals surface area contributed by atoms with Crippen LogP contribution in [0.4, 0.5) is 4.39 Å². The lowest BCUT2D eigenvalue weighted by atomic mass is 10.1. The predicted octanol–water partition coefficient (Wildman–Crippen LogP) is 1.54. The summed E-state index contributed by atoms with van der Waals surface area (Å²) in [5.41, 5.74) is 5.97. The number of hydrogen-bond donors (Lipinski definition) is 2. The van der Waals surface area contributed by atoms with E-state index in [2.05, 4.69) is 4.72 Å². The Bertz CT molecular complexity index is 574. The van der Waals surface area contributed by atoms with Crippen LogP contribution in [-0.4, -0.2) is 28.2 Å². The number of nitrogens with two attached hydrogens (primary N) is 1. The molecule has 0 amide bonds. The van der Waals surface area contributed by atoms with Crippen molar-refractivity contribution in [3.8, 4) is 0 Å². The molecule has 0 heterocycles. The molecule has 0 atom stereocenters. The molecule has 1 aromatic rings. The quantitative estimate of drug-likeness (QED) is 0.713. The van der Waals surface area contributed by atoms with Crippen LogP contribution in [0.5, 0.6) is 0 Å². The molecular weight excluding hydrogens is 295 g/mol. The van der Waals surface area contributed by atoms with E-state index in [1.165, 1.54) is 19.1 Å². The second-order valence-electron chi connectivity index (χ2n) is 5.27. The highest BCUT2D eigenvalue weighted by Gasteiger charge is 2.19. The molecule has 0 aromatic heterocycles. The van der Waals surface area contributed by atoms with E-state index in [1.54, 1.807) is 0 Å². The highest BCUT2D eigenvalue weighted by atomic mass is 32.2. The first-order chi connectivity index (χ1) is 9.77. The van der Waals surface area contributed by atoms with Gasteiger partial charge in [0, 0.05) is 25.3 Å². The highest BCUT2D eigenvalue weighted by molar-refractivity contribution is 7.89. The molecule has 120 valence electrons. The molecule has 0 radical (unpaired) electrons. The Balaban J connectivity index is 2.76. The Hall–Kier alpha value is -1.02. The summed E-state index contributed by atoms with van der Waals surface area (Å²) in [5.74, 6) is -0.187. The van der Waals surface area contributed by atoms with Crippen LogP contribution in [0.3, 0.4) is 0 Å². The zero-order valence-electron chi connectivity index (χ0n) is 12.6. The van der Waals surface area contributed by atoms with Crippen LogP contribution in [-0.2, 0) is 21.3 Å². The van der Waals surface area contributed by atoms with Crippen LogP contribution in [0.15, 0.2) is 17.0 Å². The average Bonchev–Trinajstić information content (AvgIpc) is 2.40. The number of nitrogens with one attached hydrogen (secondary N) is 1. The van der Waals surface area contributed by atoms with E-state index in [4.69, 9.17) is 10.5 Å². The number of sulfonamides is 1. The normalized spacial score (nSPS) is 12.1. The first-order valence-electron chi connectivity index (χ1n) is 6.84. The molecule has 5 nitrogen and oxygen atoms in total. The van der Waals surface area contributed by atoms with Crippen molar-refractivity contribution in [1.82, 2.24) is 4.72 Å². The Kier molecular flexibility index (Phi) is 6.73. The first-order valence-corrected chi connectivity index (χ1v) is 8.32. The molecule has 21 heavy (non-hydrogen) atoms. The zero-order valence-corrected chi connectivity index (χ0v) is 13.5. The van der Waals surface area contributed by atoms with E-state index < -0.39 is 15.8 Å². The van der Waals surface area contributed by atoms with Crippen LogP contribution in [0, 0.1) is 18.7 Å². The topological polar surface area (TPSA) is 81.4 Å². The van der Waals surface area contributed by atoms with Gasteiger partial charge in [-0.3, -0.25) is 0 Å². The van der Waals surface area contributed by atoms with Gasteiger partial charge in [-0.05, 0) is 30.5 Å². The maximum absolute atomic E-state index is 13.7. The third-order valence-corrected chi connectivity index (χ3v) is 4.46. The van der Waals surface area contributed by atoms with Crippen LogP contribution >= 0.6 is 0 Å². The number of hydrogen-bond acceptors (Lipinski definition) is 4. The van der Waals surface area contributed by atoms with Crippen LogP contribution < -0.4 is 10.5 Å². The summed E-state index contributed by atoms with van der Waals surface area (Å²) in [5, 5.41) is 0. The van der Waals surface area contributed by atoms with Crippen molar-refractivity contribution in [3.05, 3.63) is 29.1 Å². The van der Waals surface area contributed by atoms with Crippen LogP contribution in [0.1, 0.15) is 25.0 Å². The fraction of sp³-hybridized carbons (Fsp3) is 0.571. The van der Waals surface area contributed by atoms with E-state index in [9.17, 15) is 12.8 Å². The third-order valence-electron chi connectivity index (χ3n) is 2.87. The van der Waals surface area contributed by atoms with Crippen molar-refractivity contribution < 1.29 is 17.5 Å². The molecular formula is C14H23FN2O3S. The number of rotatable bonds is 8. The summed E-state index contributed by atoms with van der Waals surface area (Å²) in [6, 6.07) is 2.65. The third kappa shape index (κ3) is 5.35. The minimum absolute atomic E-state index is 0.0770. The van der Waals surface area contributed by atoms with Crippen molar-refractivity contribution in [1.29, 1.82) is 0 Å². The SMILES string of the molecule is Cc1c(F)cc(CN)cc1S(=O)(=O)NCCOCC(C)C. The summed E-state index contributed by atoms with van der Waals surface area (Å²) in [6.45, 7) is 6.51. The fourth-order valence-electron chi connectivity index (χ4n) is 1.75. The van der Waals surface area contributed by atoms with Gasteiger partial charge in [0.25, 0.3) is 0 Å². The Morgan fingerprint density at radius 1 is 1.38 bits per heavy atom. The zero-order chi connectivity index (χ0) is 16.0. The Morgan fingerprint density at radius 3 is 2.62 bits per heavy atom. The molecule has 1 rings (SSSR count). The van der Waals surface area contributed by atoms with Crippen molar-refractivity contribution >= 4 is 10.0 Å². The van der Waals surface area contributed by atoms with Gasteiger partial charge in [0.1, 0.15) is 5.82 Å². The summed E-state index contributed by atoms with van der Waals surface area (Å²) in [4.78, 5) is -0.0770. The van der Waals surface area contributed by atoms with Gasteiger partial charge < -0.3 is 10.5 Å². The molecule has 0 saturated carbocycles. The van der Waals surface area contributed by atoms with Gasteiger partial charge in [-0.1, -0.05) is 13.8 Å². The maximum Gasteiger partial charge on any atom is 0.241 e. The molecule has 0 aliphatic heterocycles. The van der Waals surface area contributed by atoms with E-state index in [-0.39, 0.29) is 30.2 Å². The molecule has 0 aliphatic carbocycles. The van der Waals surface area contributed by atoms with Crippen LogP contribution in [0.25, 0.3) is 0 Å². The van der Waals surface area contributed by atoms with E-state index >= 15 is 0 Å². The lowest BCUT2D eigenvalue weighted by Gasteiger charge is -2.12. The molecule has 0 bridgehead atoms. The number of halogens is 1. The van der Waals surface area contributed by atoms with Crippen molar-refractivity contribution in [3.63, 3.8) is 0 Å². The van der Waals surface area contributed by atoms with Gasteiger partial charge in [0.05, 0.1) is 11.5 Å². The summed E-state index contributed by atoms with van der Waals surface area (Å²) >= 11 is 0. The Morgan fingerprint density at radius 2 is 2.05 bits per heavy atom. The lowest BCUT2D eigenvalue weighted by molar-refractivity contribution is 0.114. The standard InChI is InChI=1S/C14H23FN2O3S/c1-10(2)9-20-5-4-17-21(18,19)14-7-12(8-16)6-13(15)11(14)3/h6-7,10,17H,4-5,8-9,16H2,1-3H3. The molecule has 7 heteroatoms. The Labute approximate surface area is 125 Å². The van der Waals surface area contributed by atoms with Gasteiger partial charge in [-0.25, -0.2) is 17.5 Å². The molecule has 1 aromatic carbocycles. The van der Waals surface area contributed by atoms with Crippen LogP contribution in [0.2, 0.25) is 0 Å². The van der Waals surface area contributed by atoms with Crippen molar-refractivity contribution in [2.75, 3.05) is 19.8 Å². The summed E-state index contributed by atoms with van der Waals surface area (Å²) in [6.07, 6.45) is 0. The van der Waals surface area contributed by atoms with Gasteiger partial charge >= 0.3 is 0 Å². The van der Waals surface area contributed by atoms with E-state index in [1.807, 2.05) is 13.8 Å². The van der Waals surface area contributed by atoms with Gasteiger partial charge in [-0.15, -0.1) is 0 Å². The summed E-state index contributed by atoms with van der Waals surface area (Å²) < 4.78 is 45.8. The molecule has 0 aliphatic rings. The van der Waals surface area contributed by atoms with Crippen molar-refractivity contribution in [2.45, 2.75) is 32.2 Å². The number of ether oxygens (including phenoxy) is 1. The molecule has 0 unspecified atom stereocenters. The lowest BCUT2D eigenvalue weighted by Crippen LogP contribution is -2.28. The largest absolute Gasteiger partial charge is 0.380 e. The van der Waals surface area contributed by atoms with E-state index in [0.717, 1.165) is 0 Å². The van der Waals surface area contributed by atoms with Gasteiger partial charge in [-0.2, -0.15) is 0 Å². The monoisotopic (exact) mass is 318 g/mol. The predicted molar refractivity (Wildman–Crippen MR) is 79.9 cm³/mol. The highest BCUT2D eigenvalue weighted by Crippen LogP contribution is 2.20. The first kappa shape index (κ1) is 18.0. The second kappa shape index (κ2) is 7.84. The molecule has 0 spiro atoms. The molecule has 0 saturated heterocycles. The van der Waals surface area contributed by atoms with Gasteiger partial charge in [0.2, 0.25) is 10.0 Å². The second-order valence-corrected chi connectivity index (χ2v) is 7.01. The van der Waals surface area contributed by atoms with Gasteiger partial charge in [0.15, 0.2) is 0 Å². The maximum atomic E-state index is 13.7. The van der Waals surface area contributed by atoms with E-state index in [0.29, 0.717) is 18.1 Å². The summed E-state index contributed by atoms with van der Waals surface area (Å²) in [7, 11) is -3.77. The fourth-order valence-corrected chi connectivity index (χ4v) is 3.06. The number of benzene rings is 1. The average molecular weight is 318 g/mol. The minimum atomic E-state index is -3.77.